The first-order valence-electron chi connectivity index (χ1n) is 28.7. The van der Waals surface area contributed by atoms with Crippen LogP contribution in [0, 0.1) is 5.41 Å². The molecule has 3 aromatic rings. The Labute approximate surface area is 489 Å². The van der Waals surface area contributed by atoms with Crippen molar-refractivity contribution >= 4 is 78.6 Å². The van der Waals surface area contributed by atoms with Gasteiger partial charge in [0.2, 0.25) is 0 Å². The molecule has 0 aromatic heterocycles. The molecule has 0 aliphatic heterocycles. The Kier molecular flexibility index (Phi) is 37.8. The number of carbonyl (C=O) groups excluding carboxylic acids is 2. The molecule has 0 unspecified atom stereocenters. The van der Waals surface area contributed by atoms with Crippen LogP contribution >= 0.6 is 40.7 Å². The van der Waals surface area contributed by atoms with E-state index in [4.69, 9.17) is 26.0 Å². The molecule has 4 saturated carbocycles. The van der Waals surface area contributed by atoms with Crippen LogP contribution in [0.4, 0.5) is 0 Å². The number of carboxylic acids is 2. The molecule has 0 spiro atoms. The third-order valence-electron chi connectivity index (χ3n) is 15.3. The van der Waals surface area contributed by atoms with Crippen LogP contribution in [0.5, 0.6) is 0 Å². The Morgan fingerprint density at radius 1 is 0.487 bits per heavy atom. The summed E-state index contributed by atoms with van der Waals surface area (Å²) in [6.07, 6.45) is 28.1. The number of nitrogens with one attached hydrogen (secondary N) is 1. The van der Waals surface area contributed by atoms with Crippen molar-refractivity contribution in [1.29, 1.82) is 0 Å². The molecule has 7 rings (SSSR count). The Balaban J connectivity index is 0.000000501. The monoisotopic (exact) mass is 1190 g/mol. The maximum absolute atomic E-state index is 12.7. The zero-order valence-electron chi connectivity index (χ0n) is 47.0. The summed E-state index contributed by atoms with van der Waals surface area (Å²) in [7, 11) is -0.719. The van der Waals surface area contributed by atoms with Crippen molar-refractivity contribution < 1.29 is 48.9 Å². The number of rotatable bonds is 13. The summed E-state index contributed by atoms with van der Waals surface area (Å²) in [6.45, 7) is 3.43. The molecular formula is C60H96B2BrCl2N3O10. The third kappa shape index (κ3) is 28.3. The Hall–Kier alpha value is -3.47. The molecule has 3 aromatic carbocycles. The number of alkyl halides is 1. The minimum atomic E-state index is -0.930. The van der Waals surface area contributed by atoms with E-state index in [1.54, 1.807) is 13.6 Å². The smallest absolute Gasteiger partial charge is 0.374 e. The van der Waals surface area contributed by atoms with Gasteiger partial charge in [-0.2, -0.15) is 0 Å². The van der Waals surface area contributed by atoms with Gasteiger partial charge in [-0.05, 0) is 81.2 Å². The molecule has 0 saturated heterocycles. The molecule has 4 aliphatic rings. The number of carboxylic acid groups (broad SMARTS) is 2. The summed E-state index contributed by atoms with van der Waals surface area (Å²) in [6, 6.07) is 29.7. The first kappa shape index (κ1) is 72.5. The van der Waals surface area contributed by atoms with E-state index < -0.39 is 47.9 Å². The van der Waals surface area contributed by atoms with Crippen molar-refractivity contribution in [3.63, 3.8) is 0 Å². The predicted molar refractivity (Wildman–Crippen MR) is 325 cm³/mol. The topological polar surface area (TPSA) is 232 Å². The Morgan fingerprint density at radius 3 is 1.13 bits per heavy atom. The van der Waals surface area contributed by atoms with Gasteiger partial charge in [0, 0.05) is 5.33 Å². The second-order valence-electron chi connectivity index (χ2n) is 22.0. The number of hydrogen-bond acceptors (Lipinski definition) is 11. The minimum Gasteiger partial charge on any atom is -0.481 e. The lowest BCUT2D eigenvalue weighted by molar-refractivity contribution is -0.154. The van der Waals surface area contributed by atoms with Crippen LogP contribution in [0.15, 0.2) is 91.0 Å². The van der Waals surface area contributed by atoms with Gasteiger partial charge in [0.15, 0.2) is 0 Å². The van der Waals surface area contributed by atoms with Crippen LogP contribution in [0.2, 0.25) is 20.0 Å². The van der Waals surface area contributed by atoms with E-state index >= 15 is 0 Å². The lowest BCUT2D eigenvalue weighted by Gasteiger charge is -2.35. The number of benzene rings is 3. The predicted octanol–water partition coefficient (Wildman–Crippen LogP) is 13.4. The molecule has 78 heavy (non-hydrogen) atoms. The van der Waals surface area contributed by atoms with Gasteiger partial charge in [0.1, 0.15) is 29.8 Å². The average molecular weight is 1190 g/mol. The zero-order chi connectivity index (χ0) is 55.6. The summed E-state index contributed by atoms with van der Waals surface area (Å²) in [5.74, 6) is -2.02. The van der Waals surface area contributed by atoms with Gasteiger partial charge in [-0.15, -0.1) is 24.8 Å². The number of carbonyl (C=O) groups is 4. The third-order valence-corrected chi connectivity index (χ3v) is 15.9. The fourth-order valence-electron chi connectivity index (χ4n) is 10.8. The quantitative estimate of drug-likeness (QED) is 0.0480. The van der Waals surface area contributed by atoms with Crippen molar-refractivity contribution in [3.8, 4) is 0 Å². The lowest BCUT2D eigenvalue weighted by atomic mass is 9.55. The summed E-state index contributed by atoms with van der Waals surface area (Å²) >= 11 is 3.36. The Morgan fingerprint density at radius 2 is 0.808 bits per heavy atom. The van der Waals surface area contributed by atoms with Gasteiger partial charge < -0.3 is 46.4 Å². The minimum absolute atomic E-state index is 0. The average Bonchev–Trinajstić information content (AvgIpc) is 3.38. The van der Waals surface area contributed by atoms with E-state index in [-0.39, 0.29) is 43.4 Å². The number of esters is 2. The van der Waals surface area contributed by atoms with Gasteiger partial charge in [0.25, 0.3) is 6.92 Å². The number of hydrogen-bond donors (Lipinski definition) is 7. The summed E-state index contributed by atoms with van der Waals surface area (Å²) in [4.78, 5) is 47.1. The zero-order valence-corrected chi connectivity index (χ0v) is 50.2. The molecule has 438 valence electrons. The highest BCUT2D eigenvalue weighted by molar-refractivity contribution is 9.08. The molecule has 4 aliphatic carbocycles. The normalized spacial score (nSPS) is 18.6. The van der Waals surface area contributed by atoms with E-state index in [0.29, 0.717) is 25.8 Å². The fraction of sp³-hybridized carbons (Fsp3) is 0.633. The molecule has 0 amide bonds. The van der Waals surface area contributed by atoms with Crippen molar-refractivity contribution in [2.24, 2.45) is 16.9 Å². The molecule has 0 bridgehead atoms. The maximum atomic E-state index is 12.7. The SMILES string of the molecule is BrCc1ccccc1.CB(O)CC1(C(=O)O)CCCCCCC1.CB(O)NC1(C(=O)OCc2ccccc2)CCCCCCC1.Cl.Cl.NC1(C(=O)O)CCCCCCC1.NC1(C(=O)OCc2ccccc2)CCCCCCC1. The molecule has 0 atom stereocenters. The highest BCUT2D eigenvalue weighted by atomic mass is 79.9. The van der Waals surface area contributed by atoms with Gasteiger partial charge in [-0.25, -0.2) is 0 Å². The number of aliphatic carboxylic acids is 2. The lowest BCUT2D eigenvalue weighted by Crippen LogP contribution is -2.58. The standard InChI is InChI=1S/C17H26BNO3.C16H23NO2.C11H21BO3.C9H17NO2.C7H7Br.2ClH/c1-18(21)19-17(12-8-3-2-4-9-13-17)16(20)22-14-15-10-6-5-7-11-15;17-16(11-7-2-1-3-8-12-16)15(18)19-13-14-9-5-4-6-10-14;1-12(15)9-11(10(13)14)7-5-3-2-4-6-8-11;10-9(8(11)12)6-4-2-1-3-5-7-9;8-6-7-4-2-1-3-5-7;;/h5-7,10-11,19,21H,2-4,8-9,12-14H2,1H3;4-6,9-10H,1-3,7-8,11-13,17H2;15H,2-9H2,1H3,(H,13,14);1-7,10H2,(H,11,12);1-5H,6H2;2*1H. The number of halogens is 3. The second-order valence-corrected chi connectivity index (χ2v) is 22.5. The highest BCUT2D eigenvalue weighted by Crippen LogP contribution is 2.39. The maximum Gasteiger partial charge on any atom is 0.374 e. The van der Waals surface area contributed by atoms with Gasteiger partial charge in [-0.3, -0.25) is 19.2 Å². The summed E-state index contributed by atoms with van der Waals surface area (Å²) < 4.78 is 11.0. The van der Waals surface area contributed by atoms with Gasteiger partial charge in [0.05, 0.1) is 5.41 Å². The van der Waals surface area contributed by atoms with E-state index in [1.165, 1.54) is 44.1 Å². The molecule has 9 N–H and O–H groups in total. The van der Waals surface area contributed by atoms with Crippen LogP contribution in [0.25, 0.3) is 0 Å². The molecule has 0 radical (unpaired) electrons. The van der Waals surface area contributed by atoms with Gasteiger partial charge >= 0.3 is 30.9 Å². The van der Waals surface area contributed by atoms with Crippen molar-refractivity contribution in [2.45, 2.75) is 235 Å². The first-order chi connectivity index (χ1) is 36.5. The molecular weight excluding hydrogens is 1100 g/mol. The van der Waals surface area contributed by atoms with Crippen LogP contribution < -0.4 is 16.7 Å². The molecule has 18 heteroatoms. The largest absolute Gasteiger partial charge is 0.481 e. The molecule has 0 heterocycles. The Bertz CT molecular complexity index is 2030. The fourth-order valence-corrected chi connectivity index (χ4v) is 11.1. The molecule has 13 nitrogen and oxygen atoms in total. The van der Waals surface area contributed by atoms with E-state index in [0.717, 1.165) is 145 Å². The molecule has 4 fully saturated rings. The van der Waals surface area contributed by atoms with Crippen LogP contribution in [-0.2, 0) is 47.2 Å². The highest BCUT2D eigenvalue weighted by Gasteiger charge is 2.42. The first-order valence-corrected chi connectivity index (χ1v) is 29.8. The second kappa shape index (κ2) is 40.7. The number of ether oxygens (including phenoxy) is 2. The summed E-state index contributed by atoms with van der Waals surface area (Å²) in [5.41, 5.74) is 12.2. The van der Waals surface area contributed by atoms with Gasteiger partial charge in [-0.1, -0.05) is 242 Å². The van der Waals surface area contributed by atoms with E-state index in [1.807, 2.05) is 78.9 Å². The van der Waals surface area contributed by atoms with Crippen molar-refractivity contribution in [2.75, 3.05) is 0 Å². The van der Waals surface area contributed by atoms with Crippen LogP contribution in [0.1, 0.15) is 196 Å². The van der Waals surface area contributed by atoms with E-state index in [2.05, 4.69) is 33.3 Å². The van der Waals surface area contributed by atoms with E-state index in [9.17, 15) is 34.3 Å². The summed E-state index contributed by atoms with van der Waals surface area (Å²) in [5, 5.41) is 41.4. The van der Waals surface area contributed by atoms with Crippen LogP contribution in [0.3, 0.4) is 0 Å². The van der Waals surface area contributed by atoms with Crippen molar-refractivity contribution in [1.82, 2.24) is 5.23 Å². The number of nitrogens with two attached hydrogens (primary N) is 2. The van der Waals surface area contributed by atoms with Crippen LogP contribution in [-0.4, -0.2) is 74.7 Å². The van der Waals surface area contributed by atoms with Crippen molar-refractivity contribution in [3.05, 3.63) is 108 Å².